The van der Waals surface area contributed by atoms with Gasteiger partial charge in [0.1, 0.15) is 0 Å². The Bertz CT molecular complexity index is 668. The van der Waals surface area contributed by atoms with Gasteiger partial charge >= 0.3 is 0 Å². The normalized spacial score (nSPS) is 12.0. The molecule has 0 aliphatic carbocycles. The molecule has 2 aromatic carbocycles. The van der Waals surface area contributed by atoms with Gasteiger partial charge in [0.2, 0.25) is 5.91 Å². The Morgan fingerprint density at radius 2 is 1.76 bits per heavy atom. The van der Waals surface area contributed by atoms with Crippen molar-refractivity contribution in [3.05, 3.63) is 65.2 Å². The first-order valence-corrected chi connectivity index (χ1v) is 8.92. The van der Waals surface area contributed by atoms with E-state index < -0.39 is 0 Å². The van der Waals surface area contributed by atoms with E-state index in [0.29, 0.717) is 6.42 Å². The lowest BCUT2D eigenvalue weighted by Crippen LogP contribution is -2.32. The molecule has 0 bridgehead atoms. The Kier molecular flexibility index (Phi) is 7.64. The second kappa shape index (κ2) is 9.97. The van der Waals surface area contributed by atoms with Gasteiger partial charge in [-0.25, -0.2) is 0 Å². The number of carbonyl (C=O) groups is 1. The van der Waals surface area contributed by atoms with Crippen molar-refractivity contribution in [2.45, 2.75) is 45.8 Å². The molecular formula is C21H28N2O2. The van der Waals surface area contributed by atoms with Crippen LogP contribution in [0.25, 0.3) is 0 Å². The first-order valence-electron chi connectivity index (χ1n) is 8.92. The Morgan fingerprint density at radius 3 is 2.44 bits per heavy atom. The number of benzene rings is 2. The topological polar surface area (TPSA) is 61.4 Å². The van der Waals surface area contributed by atoms with Crippen LogP contribution in [0.2, 0.25) is 0 Å². The highest BCUT2D eigenvalue weighted by atomic mass is 16.3. The Balaban J connectivity index is 1.73. The van der Waals surface area contributed by atoms with Crippen LogP contribution in [0.5, 0.6) is 0 Å². The summed E-state index contributed by atoms with van der Waals surface area (Å²) in [4.78, 5) is 12.2. The van der Waals surface area contributed by atoms with E-state index in [1.807, 2.05) is 55.5 Å². The number of aliphatic hydroxyl groups excluding tert-OH is 1. The smallest absolute Gasteiger partial charge is 0.225 e. The van der Waals surface area contributed by atoms with Crippen LogP contribution < -0.4 is 10.6 Å². The van der Waals surface area contributed by atoms with Gasteiger partial charge in [0.15, 0.2) is 0 Å². The fraction of sp³-hybridized carbons (Fsp3) is 0.381. The molecule has 0 aromatic heterocycles. The summed E-state index contributed by atoms with van der Waals surface area (Å²) in [5.74, 6) is 0.0354. The van der Waals surface area contributed by atoms with Gasteiger partial charge < -0.3 is 15.7 Å². The number of hydrogen-bond acceptors (Lipinski definition) is 3. The van der Waals surface area contributed by atoms with E-state index in [1.165, 1.54) is 5.56 Å². The Labute approximate surface area is 150 Å². The first kappa shape index (κ1) is 19.2. The van der Waals surface area contributed by atoms with E-state index in [-0.39, 0.29) is 18.6 Å². The molecule has 0 saturated carbocycles. The number of para-hydroxylation sites is 1. The van der Waals surface area contributed by atoms with Crippen LogP contribution in [-0.4, -0.2) is 23.6 Å². The SMILES string of the molecule is CCc1ccccc1NC(=O)CC(C)NCCc1ccc(CO)cc1. The van der Waals surface area contributed by atoms with Gasteiger partial charge in [-0.1, -0.05) is 49.4 Å². The van der Waals surface area contributed by atoms with Gasteiger partial charge in [-0.15, -0.1) is 0 Å². The molecule has 3 N–H and O–H groups in total. The largest absolute Gasteiger partial charge is 0.392 e. The monoisotopic (exact) mass is 340 g/mol. The lowest BCUT2D eigenvalue weighted by atomic mass is 10.1. The van der Waals surface area contributed by atoms with Crippen LogP contribution in [-0.2, 0) is 24.2 Å². The molecule has 134 valence electrons. The maximum atomic E-state index is 12.2. The maximum absolute atomic E-state index is 12.2. The molecule has 0 saturated heterocycles. The maximum Gasteiger partial charge on any atom is 0.225 e. The molecule has 1 atom stereocenters. The minimum absolute atomic E-state index is 0.0354. The van der Waals surface area contributed by atoms with E-state index >= 15 is 0 Å². The number of aliphatic hydroxyl groups is 1. The molecule has 0 spiro atoms. The summed E-state index contributed by atoms with van der Waals surface area (Å²) in [6.45, 7) is 5.01. The molecule has 1 amide bonds. The highest BCUT2D eigenvalue weighted by molar-refractivity contribution is 5.91. The molecule has 1 unspecified atom stereocenters. The molecule has 4 nitrogen and oxygen atoms in total. The zero-order valence-electron chi connectivity index (χ0n) is 15.1. The molecule has 2 rings (SSSR count). The summed E-state index contributed by atoms with van der Waals surface area (Å²) >= 11 is 0. The predicted molar refractivity (Wildman–Crippen MR) is 103 cm³/mol. The third-order valence-electron chi connectivity index (χ3n) is 4.28. The van der Waals surface area contributed by atoms with Crippen molar-refractivity contribution in [3.8, 4) is 0 Å². The zero-order valence-corrected chi connectivity index (χ0v) is 15.1. The minimum atomic E-state index is 0.0354. The van der Waals surface area contributed by atoms with Crippen molar-refractivity contribution in [3.63, 3.8) is 0 Å². The Morgan fingerprint density at radius 1 is 1.08 bits per heavy atom. The predicted octanol–water partition coefficient (Wildman–Crippen LogP) is 3.29. The lowest BCUT2D eigenvalue weighted by Gasteiger charge is -2.15. The second-order valence-corrected chi connectivity index (χ2v) is 6.34. The van der Waals surface area contributed by atoms with E-state index in [2.05, 4.69) is 17.6 Å². The average Bonchev–Trinajstić information content (AvgIpc) is 2.62. The third-order valence-corrected chi connectivity index (χ3v) is 4.28. The summed E-state index contributed by atoms with van der Waals surface area (Å²) < 4.78 is 0. The quantitative estimate of drug-likeness (QED) is 0.656. The van der Waals surface area contributed by atoms with Crippen molar-refractivity contribution in [2.75, 3.05) is 11.9 Å². The van der Waals surface area contributed by atoms with Gasteiger partial charge in [0.25, 0.3) is 0 Å². The van der Waals surface area contributed by atoms with E-state index in [9.17, 15) is 4.79 Å². The third kappa shape index (κ3) is 6.33. The van der Waals surface area contributed by atoms with Crippen LogP contribution in [0, 0.1) is 0 Å². The van der Waals surface area contributed by atoms with Gasteiger partial charge in [-0.3, -0.25) is 4.79 Å². The summed E-state index contributed by atoms with van der Waals surface area (Å²) in [7, 11) is 0. The highest BCUT2D eigenvalue weighted by Gasteiger charge is 2.10. The minimum Gasteiger partial charge on any atom is -0.392 e. The number of carbonyl (C=O) groups excluding carboxylic acids is 1. The van der Waals surface area contributed by atoms with Crippen LogP contribution in [0.15, 0.2) is 48.5 Å². The standard InChI is InChI=1S/C21H28N2O2/c1-3-19-6-4-5-7-20(19)23-21(25)14-16(2)22-13-12-17-8-10-18(15-24)11-9-17/h4-11,16,22,24H,3,12-15H2,1-2H3,(H,23,25). The number of nitrogens with one attached hydrogen (secondary N) is 2. The van der Waals surface area contributed by atoms with Gasteiger partial charge in [-0.05, 0) is 49.1 Å². The van der Waals surface area contributed by atoms with Crippen molar-refractivity contribution in [1.82, 2.24) is 5.32 Å². The first-order chi connectivity index (χ1) is 12.1. The average molecular weight is 340 g/mol. The fourth-order valence-electron chi connectivity index (χ4n) is 2.78. The van der Waals surface area contributed by atoms with Gasteiger partial charge in [0.05, 0.1) is 6.61 Å². The highest BCUT2D eigenvalue weighted by Crippen LogP contribution is 2.15. The fourth-order valence-corrected chi connectivity index (χ4v) is 2.78. The molecule has 0 aliphatic heterocycles. The number of rotatable bonds is 9. The van der Waals surface area contributed by atoms with Gasteiger partial charge in [-0.2, -0.15) is 0 Å². The van der Waals surface area contributed by atoms with Crippen LogP contribution >= 0.6 is 0 Å². The molecular weight excluding hydrogens is 312 g/mol. The van der Waals surface area contributed by atoms with Crippen molar-refractivity contribution in [1.29, 1.82) is 0 Å². The van der Waals surface area contributed by atoms with Crippen LogP contribution in [0.4, 0.5) is 5.69 Å². The van der Waals surface area contributed by atoms with Crippen LogP contribution in [0.3, 0.4) is 0 Å². The summed E-state index contributed by atoms with van der Waals surface area (Å²) in [5, 5.41) is 15.5. The number of hydrogen-bond donors (Lipinski definition) is 3. The summed E-state index contributed by atoms with van der Waals surface area (Å²) in [6.07, 6.45) is 2.25. The van der Waals surface area contributed by atoms with Crippen molar-refractivity contribution >= 4 is 11.6 Å². The molecule has 0 aliphatic rings. The Hall–Kier alpha value is -2.17. The zero-order chi connectivity index (χ0) is 18.1. The molecule has 25 heavy (non-hydrogen) atoms. The lowest BCUT2D eigenvalue weighted by molar-refractivity contribution is -0.116. The van der Waals surface area contributed by atoms with Crippen molar-refractivity contribution in [2.24, 2.45) is 0 Å². The molecule has 4 heteroatoms. The molecule has 2 aromatic rings. The van der Waals surface area contributed by atoms with E-state index in [4.69, 9.17) is 5.11 Å². The second-order valence-electron chi connectivity index (χ2n) is 6.34. The van der Waals surface area contributed by atoms with Crippen molar-refractivity contribution < 1.29 is 9.90 Å². The summed E-state index contributed by atoms with van der Waals surface area (Å²) in [6, 6.07) is 16.0. The van der Waals surface area contributed by atoms with Crippen LogP contribution in [0.1, 0.15) is 37.0 Å². The number of anilines is 1. The number of amides is 1. The van der Waals surface area contributed by atoms with Gasteiger partial charge in [0, 0.05) is 18.2 Å². The molecule has 0 fully saturated rings. The number of aryl methyl sites for hydroxylation is 1. The van der Waals surface area contributed by atoms with E-state index in [0.717, 1.165) is 36.2 Å². The molecule has 0 radical (unpaired) electrons. The van der Waals surface area contributed by atoms with E-state index in [1.54, 1.807) is 0 Å². The summed E-state index contributed by atoms with van der Waals surface area (Å²) in [5.41, 5.74) is 4.21. The molecule has 0 heterocycles.